The molecule has 0 aromatic rings. The quantitative estimate of drug-likeness (QED) is 0.594. The second-order valence-corrected chi connectivity index (χ2v) is 13.3. The number of fused-ring (bicyclic) bond motifs is 7. The van der Waals surface area contributed by atoms with Crippen molar-refractivity contribution in [2.24, 2.45) is 52.3 Å². The number of aliphatic hydroxyl groups excluding tert-OH is 1. The molecular weight excluding hydrogens is 406 g/mol. The highest BCUT2D eigenvalue weighted by Crippen LogP contribution is 2.71. The average molecular weight is 452 g/mol. The first-order chi connectivity index (χ1) is 14.3. The third-order valence-corrected chi connectivity index (χ3v) is 12.1. The molecule has 1 spiro atoms. The van der Waals surface area contributed by atoms with E-state index in [1.54, 1.807) is 0 Å². The molecule has 2 aliphatic heterocycles. The van der Waals surface area contributed by atoms with Crippen LogP contribution >= 0.6 is 0 Å². The van der Waals surface area contributed by atoms with Crippen LogP contribution in [0.1, 0.15) is 93.3 Å². The molecule has 4 saturated carbocycles. The van der Waals surface area contributed by atoms with E-state index >= 15 is 0 Å². The smallest absolute Gasteiger partial charge is 1.00 e. The van der Waals surface area contributed by atoms with E-state index in [0.29, 0.717) is 22.9 Å². The van der Waals surface area contributed by atoms with E-state index in [4.69, 9.17) is 4.74 Å². The van der Waals surface area contributed by atoms with E-state index < -0.39 is 0 Å². The molecule has 178 valence electrons. The van der Waals surface area contributed by atoms with E-state index in [1.165, 1.54) is 51.4 Å². The molecule has 0 radical (unpaired) electrons. The minimum atomic E-state index is -0.0320. The van der Waals surface area contributed by atoms with Crippen LogP contribution in [0.15, 0.2) is 0 Å². The van der Waals surface area contributed by atoms with Crippen molar-refractivity contribution in [1.82, 2.24) is 5.32 Å². The van der Waals surface area contributed by atoms with E-state index in [2.05, 4.69) is 33.0 Å². The Morgan fingerprint density at radius 2 is 1.68 bits per heavy atom. The van der Waals surface area contributed by atoms with Gasteiger partial charge in [-0.05, 0) is 111 Å². The van der Waals surface area contributed by atoms with Crippen LogP contribution in [0, 0.1) is 52.3 Å². The molecule has 0 amide bonds. The Labute approximate surface area is 197 Å². The number of hydrogen-bond donors (Lipinski definition) is 2. The van der Waals surface area contributed by atoms with Crippen LogP contribution in [-0.2, 0) is 4.74 Å². The fourth-order valence-corrected chi connectivity index (χ4v) is 10.4. The van der Waals surface area contributed by atoms with Crippen LogP contribution in [0.2, 0.25) is 0 Å². The van der Waals surface area contributed by atoms with Crippen molar-refractivity contribution in [3.63, 3.8) is 0 Å². The summed E-state index contributed by atoms with van der Waals surface area (Å²) in [6.07, 6.45) is 13.2. The Balaban J connectivity index is 0.00000122. The zero-order valence-electron chi connectivity index (χ0n) is 21.2. The van der Waals surface area contributed by atoms with Crippen LogP contribution in [0.25, 0.3) is 0 Å². The Kier molecular flexibility index (Phi) is 5.61. The SMILES string of the molecule is C[C@H]1CC[C@@]2(NC1)O[C@H]1C[C@H]3[C@@H]4CC[C@H]5C[C@@H](O)CC[C@]5(C)[C@H]4CC[C@]3(C)[C@H]1[C@@H]2C.[Cl-].[H+]. The molecule has 0 aromatic heterocycles. The minimum absolute atomic E-state index is 0. The third kappa shape index (κ3) is 3.08. The Bertz CT molecular complexity index is 699. The normalized spacial score (nSPS) is 60.5. The van der Waals surface area contributed by atoms with Gasteiger partial charge in [0.15, 0.2) is 0 Å². The average Bonchev–Trinajstić information content (AvgIpc) is 3.16. The van der Waals surface area contributed by atoms with Crippen LogP contribution < -0.4 is 17.7 Å². The topological polar surface area (TPSA) is 41.5 Å². The number of nitrogens with one attached hydrogen (secondary N) is 1. The second kappa shape index (κ2) is 7.59. The summed E-state index contributed by atoms with van der Waals surface area (Å²) >= 11 is 0. The number of rotatable bonds is 0. The molecule has 6 rings (SSSR count). The molecule has 2 saturated heterocycles. The standard InChI is InChI=1S/C27H45NO2.ClH/c1-16-7-12-27(28-15-16)17(2)24-23(30-27)14-22-20-6-5-18-13-19(29)8-10-25(18,3)21(20)9-11-26(22,24)4;/h16-24,28-29H,5-15H2,1-4H3;1H/t16-,17-,18-,19-,20+,21-,22-,23-,24-,25-,26-,27+;/m0./s1. The summed E-state index contributed by atoms with van der Waals surface area (Å²) in [4.78, 5) is 0. The van der Waals surface area contributed by atoms with Gasteiger partial charge in [0.1, 0.15) is 5.72 Å². The van der Waals surface area contributed by atoms with Crippen LogP contribution in [0.3, 0.4) is 0 Å². The monoisotopic (exact) mass is 451 g/mol. The number of aliphatic hydroxyl groups is 1. The highest BCUT2D eigenvalue weighted by Gasteiger charge is 2.68. The molecule has 0 bridgehead atoms. The molecule has 4 heteroatoms. The van der Waals surface area contributed by atoms with Gasteiger partial charge in [-0.15, -0.1) is 0 Å². The number of hydrogen-bond acceptors (Lipinski definition) is 3. The maximum absolute atomic E-state index is 10.3. The lowest BCUT2D eigenvalue weighted by Crippen LogP contribution is -3.00. The molecule has 0 unspecified atom stereocenters. The summed E-state index contributed by atoms with van der Waals surface area (Å²) in [7, 11) is 0. The molecular formula is C27H46ClNO2. The minimum Gasteiger partial charge on any atom is -1.00 e. The summed E-state index contributed by atoms with van der Waals surface area (Å²) in [5, 5.41) is 14.2. The molecule has 4 aliphatic carbocycles. The van der Waals surface area contributed by atoms with Crippen molar-refractivity contribution in [3.05, 3.63) is 0 Å². The summed E-state index contributed by atoms with van der Waals surface area (Å²) in [5.41, 5.74) is 0.919. The van der Waals surface area contributed by atoms with Gasteiger partial charge < -0.3 is 22.3 Å². The highest BCUT2D eigenvalue weighted by atomic mass is 35.5. The van der Waals surface area contributed by atoms with Crippen LogP contribution in [-0.4, -0.2) is 29.6 Å². The number of halogens is 1. The van der Waals surface area contributed by atoms with Crippen molar-refractivity contribution >= 4 is 0 Å². The molecule has 31 heavy (non-hydrogen) atoms. The largest absolute Gasteiger partial charge is 1.00 e. The Morgan fingerprint density at radius 3 is 2.42 bits per heavy atom. The van der Waals surface area contributed by atoms with Crippen LogP contribution in [0.5, 0.6) is 0 Å². The van der Waals surface area contributed by atoms with E-state index in [1.807, 2.05) is 0 Å². The van der Waals surface area contributed by atoms with Gasteiger partial charge in [0, 0.05) is 12.5 Å². The second-order valence-electron chi connectivity index (χ2n) is 13.3. The van der Waals surface area contributed by atoms with Crippen molar-refractivity contribution in [1.29, 1.82) is 0 Å². The van der Waals surface area contributed by atoms with Gasteiger partial charge in [0.05, 0.1) is 12.2 Å². The lowest BCUT2D eigenvalue weighted by molar-refractivity contribution is -0.140. The van der Waals surface area contributed by atoms with Crippen molar-refractivity contribution < 1.29 is 23.7 Å². The zero-order chi connectivity index (χ0) is 20.9. The predicted octanol–water partition coefficient (Wildman–Crippen LogP) is 2.48. The summed E-state index contributed by atoms with van der Waals surface area (Å²) in [6, 6.07) is 0. The maximum atomic E-state index is 10.3. The molecule has 6 fully saturated rings. The summed E-state index contributed by atoms with van der Waals surface area (Å²) < 4.78 is 7.01. The lowest BCUT2D eigenvalue weighted by Gasteiger charge is -2.61. The van der Waals surface area contributed by atoms with Crippen molar-refractivity contribution in [2.45, 2.75) is 110 Å². The van der Waals surface area contributed by atoms with E-state index in [9.17, 15) is 5.11 Å². The molecule has 0 aromatic carbocycles. The van der Waals surface area contributed by atoms with Crippen molar-refractivity contribution in [2.75, 3.05) is 6.54 Å². The van der Waals surface area contributed by atoms with Crippen LogP contribution in [0.4, 0.5) is 0 Å². The molecule has 2 heterocycles. The summed E-state index contributed by atoms with van der Waals surface area (Å²) in [5.74, 6) is 5.57. The number of ether oxygens (including phenoxy) is 1. The van der Waals surface area contributed by atoms with Gasteiger partial charge in [-0.1, -0.05) is 27.7 Å². The lowest BCUT2D eigenvalue weighted by atomic mass is 9.44. The van der Waals surface area contributed by atoms with Gasteiger partial charge >= 0.3 is 1.43 Å². The Morgan fingerprint density at radius 1 is 0.903 bits per heavy atom. The van der Waals surface area contributed by atoms with Crippen molar-refractivity contribution in [3.8, 4) is 0 Å². The first-order valence-electron chi connectivity index (χ1n) is 13.4. The van der Waals surface area contributed by atoms with Gasteiger partial charge in [0.2, 0.25) is 0 Å². The zero-order valence-corrected chi connectivity index (χ0v) is 21.0. The highest BCUT2D eigenvalue weighted by molar-refractivity contribution is 5.16. The van der Waals surface area contributed by atoms with Gasteiger partial charge in [-0.2, -0.15) is 0 Å². The molecule has 2 N–H and O–H groups in total. The van der Waals surface area contributed by atoms with Gasteiger partial charge in [-0.25, -0.2) is 0 Å². The predicted molar refractivity (Wildman–Crippen MR) is 121 cm³/mol. The summed E-state index contributed by atoms with van der Waals surface area (Å²) in [6.45, 7) is 11.3. The molecule has 12 atom stereocenters. The molecule has 6 aliphatic rings. The fourth-order valence-electron chi connectivity index (χ4n) is 10.4. The first kappa shape index (κ1) is 22.9. The third-order valence-electron chi connectivity index (χ3n) is 12.1. The van der Waals surface area contributed by atoms with Gasteiger partial charge in [0.25, 0.3) is 0 Å². The first-order valence-corrected chi connectivity index (χ1v) is 13.4. The number of piperidine rings is 1. The molecule has 3 nitrogen and oxygen atoms in total. The van der Waals surface area contributed by atoms with E-state index in [0.717, 1.165) is 54.9 Å². The maximum Gasteiger partial charge on any atom is 1.00 e. The van der Waals surface area contributed by atoms with E-state index in [-0.39, 0.29) is 25.7 Å². The Hall–Kier alpha value is 0.170. The van der Waals surface area contributed by atoms with Gasteiger partial charge in [-0.3, -0.25) is 5.32 Å². The fraction of sp³-hybridized carbons (Fsp3) is 1.00.